The Balaban J connectivity index is 0.00000450. The van der Waals surface area contributed by atoms with E-state index in [4.69, 9.17) is 0 Å². The van der Waals surface area contributed by atoms with Crippen molar-refractivity contribution >= 4 is 51.3 Å². The first kappa shape index (κ1) is 26.9. The van der Waals surface area contributed by atoms with Crippen LogP contribution in [0.3, 0.4) is 0 Å². The predicted octanol–water partition coefficient (Wildman–Crippen LogP) is 3.91. The topological polar surface area (TPSA) is 73.8 Å². The lowest BCUT2D eigenvalue weighted by molar-refractivity contribution is 0.447. The summed E-state index contributed by atoms with van der Waals surface area (Å²) < 4.78 is 27.1. The summed E-state index contributed by atoms with van der Waals surface area (Å²) in [6.07, 6.45) is 0.743. The van der Waals surface area contributed by atoms with Gasteiger partial charge in [0.1, 0.15) is 4.21 Å². The summed E-state index contributed by atoms with van der Waals surface area (Å²) in [5.74, 6) is 1.13. The van der Waals surface area contributed by atoms with Gasteiger partial charge in [0.2, 0.25) is 0 Å². The van der Waals surface area contributed by atoms with E-state index < -0.39 is 10.0 Å². The summed E-state index contributed by atoms with van der Waals surface area (Å²) in [7, 11) is -1.62. The number of rotatable bonds is 10. The third-order valence-corrected chi connectivity index (χ3v) is 8.43. The molecule has 1 aromatic carbocycles. The zero-order valence-corrected chi connectivity index (χ0v) is 22.1. The third-order valence-electron chi connectivity index (χ3n) is 4.77. The molecule has 0 aliphatic rings. The number of benzene rings is 1. The Bertz CT molecular complexity index is 881. The molecule has 0 saturated heterocycles. The minimum absolute atomic E-state index is 0. The van der Waals surface area contributed by atoms with E-state index in [0.717, 1.165) is 23.8 Å². The highest BCUT2D eigenvalue weighted by Crippen LogP contribution is 2.25. The molecule has 2 aromatic rings. The number of thiophene rings is 1. The van der Waals surface area contributed by atoms with Crippen LogP contribution in [-0.4, -0.2) is 51.9 Å². The molecule has 6 nitrogen and oxygen atoms in total. The SMILES string of the molecule is CCN(CC)S(=O)(=O)c1ccc(CCNC(=NC)NCC(C)c2ccccc2)s1.I. The quantitative estimate of drug-likeness (QED) is 0.261. The van der Waals surface area contributed by atoms with E-state index in [0.29, 0.717) is 29.8 Å². The van der Waals surface area contributed by atoms with Crippen molar-refractivity contribution in [2.24, 2.45) is 4.99 Å². The molecule has 0 fully saturated rings. The monoisotopic (exact) mass is 564 g/mol. The van der Waals surface area contributed by atoms with E-state index in [9.17, 15) is 8.42 Å². The molecule has 1 atom stereocenters. The molecular formula is C21H33IN4O2S2. The lowest BCUT2D eigenvalue weighted by Gasteiger charge is -2.17. The summed E-state index contributed by atoms with van der Waals surface area (Å²) in [6, 6.07) is 14.0. The second kappa shape index (κ2) is 13.3. The molecule has 2 N–H and O–H groups in total. The van der Waals surface area contributed by atoms with Crippen LogP contribution in [0.2, 0.25) is 0 Å². The first-order chi connectivity index (χ1) is 13.9. The Hall–Kier alpha value is -1.17. The maximum absolute atomic E-state index is 12.6. The summed E-state index contributed by atoms with van der Waals surface area (Å²) >= 11 is 1.34. The Labute approximate surface area is 202 Å². The average molecular weight is 565 g/mol. The van der Waals surface area contributed by atoms with Gasteiger partial charge in [-0.2, -0.15) is 4.31 Å². The van der Waals surface area contributed by atoms with E-state index in [1.54, 1.807) is 13.1 Å². The largest absolute Gasteiger partial charge is 0.356 e. The Morgan fingerprint density at radius 3 is 2.37 bits per heavy atom. The molecule has 1 aromatic heterocycles. The van der Waals surface area contributed by atoms with Crippen LogP contribution in [0.25, 0.3) is 0 Å². The molecule has 0 aliphatic heterocycles. The summed E-state index contributed by atoms with van der Waals surface area (Å²) in [5.41, 5.74) is 1.29. The summed E-state index contributed by atoms with van der Waals surface area (Å²) in [5, 5.41) is 6.66. The van der Waals surface area contributed by atoms with Crippen LogP contribution in [0.4, 0.5) is 0 Å². The molecule has 0 bridgehead atoms. The third kappa shape index (κ3) is 7.51. The molecular weight excluding hydrogens is 531 g/mol. The van der Waals surface area contributed by atoms with Gasteiger partial charge in [0.15, 0.2) is 5.96 Å². The van der Waals surface area contributed by atoms with Crippen molar-refractivity contribution in [3.05, 3.63) is 52.9 Å². The van der Waals surface area contributed by atoms with Crippen molar-refractivity contribution in [1.82, 2.24) is 14.9 Å². The van der Waals surface area contributed by atoms with Gasteiger partial charge in [-0.25, -0.2) is 8.42 Å². The fourth-order valence-electron chi connectivity index (χ4n) is 3.00. The highest BCUT2D eigenvalue weighted by atomic mass is 127. The lowest BCUT2D eigenvalue weighted by atomic mass is 10.0. The average Bonchev–Trinajstić information content (AvgIpc) is 3.21. The van der Waals surface area contributed by atoms with E-state index in [2.05, 4.69) is 46.8 Å². The Kier molecular flexibility index (Phi) is 11.9. The van der Waals surface area contributed by atoms with Crippen molar-refractivity contribution in [3.63, 3.8) is 0 Å². The molecule has 0 saturated carbocycles. The molecule has 0 aliphatic carbocycles. The van der Waals surface area contributed by atoms with Crippen LogP contribution in [0, 0.1) is 0 Å². The zero-order chi connectivity index (χ0) is 21.3. The number of halogens is 1. The number of hydrogen-bond donors (Lipinski definition) is 2. The molecule has 0 radical (unpaired) electrons. The number of hydrogen-bond acceptors (Lipinski definition) is 4. The predicted molar refractivity (Wildman–Crippen MR) is 138 cm³/mol. The van der Waals surface area contributed by atoms with Gasteiger partial charge in [-0.15, -0.1) is 35.3 Å². The molecule has 9 heteroatoms. The van der Waals surface area contributed by atoms with Crippen molar-refractivity contribution in [3.8, 4) is 0 Å². The number of nitrogens with one attached hydrogen (secondary N) is 2. The van der Waals surface area contributed by atoms with Crippen LogP contribution in [0.5, 0.6) is 0 Å². The normalized spacial score (nSPS) is 13.0. The van der Waals surface area contributed by atoms with Gasteiger partial charge in [0.25, 0.3) is 10.0 Å². The molecule has 1 heterocycles. The highest BCUT2D eigenvalue weighted by molar-refractivity contribution is 14.0. The zero-order valence-electron chi connectivity index (χ0n) is 18.1. The van der Waals surface area contributed by atoms with Crippen molar-refractivity contribution in [2.45, 2.75) is 37.3 Å². The Morgan fingerprint density at radius 2 is 1.77 bits per heavy atom. The van der Waals surface area contributed by atoms with Gasteiger partial charge in [0, 0.05) is 38.1 Å². The van der Waals surface area contributed by atoms with Gasteiger partial charge in [-0.05, 0) is 30.0 Å². The van der Waals surface area contributed by atoms with Crippen molar-refractivity contribution in [1.29, 1.82) is 0 Å². The standard InChI is InChI=1S/C21H32N4O2S2.HI/c1-5-25(6-2)29(26,27)20-13-12-19(28-20)14-15-23-21(22-4)24-16-17(3)18-10-8-7-9-11-18;/h7-13,17H,5-6,14-16H2,1-4H3,(H2,22,23,24);1H. The molecule has 168 valence electrons. The smallest absolute Gasteiger partial charge is 0.252 e. The summed E-state index contributed by atoms with van der Waals surface area (Å²) in [6.45, 7) is 8.33. The maximum Gasteiger partial charge on any atom is 0.252 e. The van der Waals surface area contributed by atoms with Crippen LogP contribution < -0.4 is 10.6 Å². The molecule has 0 amide bonds. The minimum Gasteiger partial charge on any atom is -0.356 e. The van der Waals surface area contributed by atoms with Gasteiger partial charge in [-0.1, -0.05) is 51.1 Å². The molecule has 1 unspecified atom stereocenters. The van der Waals surface area contributed by atoms with Crippen molar-refractivity contribution in [2.75, 3.05) is 33.2 Å². The fraction of sp³-hybridized carbons (Fsp3) is 0.476. The van der Waals surface area contributed by atoms with E-state index in [1.807, 2.05) is 26.0 Å². The van der Waals surface area contributed by atoms with E-state index in [1.165, 1.54) is 21.2 Å². The molecule has 0 spiro atoms. The maximum atomic E-state index is 12.6. The first-order valence-electron chi connectivity index (χ1n) is 10.0. The first-order valence-corrected chi connectivity index (χ1v) is 12.3. The minimum atomic E-state index is -3.38. The van der Waals surface area contributed by atoms with Crippen LogP contribution in [-0.2, 0) is 16.4 Å². The van der Waals surface area contributed by atoms with Crippen LogP contribution >= 0.6 is 35.3 Å². The number of guanidine groups is 1. The molecule has 2 rings (SSSR count). The number of aliphatic imine (C=N–C) groups is 1. The van der Waals surface area contributed by atoms with Gasteiger partial charge in [-0.3, -0.25) is 4.99 Å². The van der Waals surface area contributed by atoms with Gasteiger partial charge >= 0.3 is 0 Å². The Morgan fingerprint density at radius 1 is 1.10 bits per heavy atom. The second-order valence-corrected chi connectivity index (χ2v) is 10.1. The second-order valence-electron chi connectivity index (χ2n) is 6.75. The van der Waals surface area contributed by atoms with Crippen molar-refractivity contribution < 1.29 is 8.42 Å². The van der Waals surface area contributed by atoms with Crippen LogP contribution in [0.15, 0.2) is 51.7 Å². The fourth-order valence-corrected chi connectivity index (χ4v) is 5.96. The number of sulfonamides is 1. The van der Waals surface area contributed by atoms with Gasteiger partial charge < -0.3 is 10.6 Å². The highest BCUT2D eigenvalue weighted by Gasteiger charge is 2.23. The van der Waals surface area contributed by atoms with Crippen LogP contribution in [0.1, 0.15) is 37.1 Å². The molecule has 30 heavy (non-hydrogen) atoms. The lowest BCUT2D eigenvalue weighted by Crippen LogP contribution is -2.39. The van der Waals surface area contributed by atoms with E-state index >= 15 is 0 Å². The van der Waals surface area contributed by atoms with Gasteiger partial charge in [0.05, 0.1) is 0 Å². The summed E-state index contributed by atoms with van der Waals surface area (Å²) in [4.78, 5) is 5.31. The number of nitrogens with zero attached hydrogens (tertiary/aromatic N) is 2. The van der Waals surface area contributed by atoms with E-state index in [-0.39, 0.29) is 24.0 Å².